The van der Waals surface area contributed by atoms with Crippen molar-refractivity contribution in [3.63, 3.8) is 0 Å². The van der Waals surface area contributed by atoms with Crippen LogP contribution in [-0.2, 0) is 9.32 Å². The van der Waals surface area contributed by atoms with Gasteiger partial charge in [-0.3, -0.25) is 0 Å². The van der Waals surface area contributed by atoms with Crippen LogP contribution in [-0.4, -0.2) is 23.5 Å². The number of carbonyl (C=O) groups is 1. The van der Waals surface area contributed by atoms with E-state index in [4.69, 9.17) is 5.11 Å². The van der Waals surface area contributed by atoms with Crippen molar-refractivity contribution in [2.24, 2.45) is 0 Å². The minimum atomic E-state index is -2.11. The largest absolute Gasteiger partial charge is 0.603 e. The highest BCUT2D eigenvalue weighted by molar-refractivity contribution is 7.49. The molecule has 0 saturated heterocycles. The molecule has 0 bridgehead atoms. The number of hydrogen-bond acceptors (Lipinski definition) is 3. The van der Waals surface area contributed by atoms with Gasteiger partial charge in [0.25, 0.3) is 0 Å². The van der Waals surface area contributed by atoms with E-state index in [2.05, 4.69) is 4.52 Å². The molecule has 0 fully saturated rings. The third kappa shape index (κ3) is 2.43. The molecule has 0 heterocycles. The minimum absolute atomic E-state index is 0.0718. The molecule has 0 aliphatic heterocycles. The second kappa shape index (κ2) is 4.39. The van der Waals surface area contributed by atoms with Crippen molar-refractivity contribution in [1.29, 1.82) is 0 Å². The van der Waals surface area contributed by atoms with Gasteiger partial charge in [0, 0.05) is 6.42 Å². The average Bonchev–Trinajstić information content (AvgIpc) is 1.88. The summed E-state index contributed by atoms with van der Waals surface area (Å²) in [6.07, 6.45) is 0.248. The molecular weight excluding hydrogens is 155 g/mol. The lowest BCUT2D eigenvalue weighted by Crippen LogP contribution is -2.14. The number of hydrogen-bond donors (Lipinski definition) is 1. The third-order valence-corrected chi connectivity index (χ3v) is 2.25. The molecule has 0 rings (SSSR count). The molecular formula is C5H9O4P. The van der Waals surface area contributed by atoms with Crippen molar-refractivity contribution >= 4 is 19.3 Å². The summed E-state index contributed by atoms with van der Waals surface area (Å²) in [5.41, 5.74) is 0. The first-order valence-electron chi connectivity index (χ1n) is 2.74. The van der Waals surface area contributed by atoms with Crippen molar-refractivity contribution in [3.8, 4) is 0 Å². The van der Waals surface area contributed by atoms with Gasteiger partial charge in [0.1, 0.15) is 0 Å². The summed E-state index contributed by atoms with van der Waals surface area (Å²) < 4.78 is 4.36. The Morgan fingerprint density at radius 3 is 2.40 bits per heavy atom. The number of rotatable bonds is 3. The lowest BCUT2D eigenvalue weighted by molar-refractivity contribution is -0.170. The van der Waals surface area contributed by atoms with Gasteiger partial charge in [0.2, 0.25) is 13.3 Å². The fourth-order valence-electron chi connectivity index (χ4n) is 0.469. The molecule has 1 N–H and O–H groups in total. The molecule has 0 aromatic heterocycles. The van der Waals surface area contributed by atoms with Crippen LogP contribution in [0.15, 0.2) is 0 Å². The molecule has 4 nitrogen and oxygen atoms in total. The average molecular weight is 164 g/mol. The Morgan fingerprint density at radius 1 is 1.80 bits per heavy atom. The van der Waals surface area contributed by atoms with E-state index in [1.165, 1.54) is 7.11 Å². The molecule has 0 spiro atoms. The highest BCUT2D eigenvalue weighted by Crippen LogP contribution is 2.15. The van der Waals surface area contributed by atoms with Crippen LogP contribution in [0.3, 0.4) is 0 Å². The van der Waals surface area contributed by atoms with Gasteiger partial charge >= 0.3 is 5.97 Å². The topological polar surface area (TPSA) is 69.6 Å². The summed E-state index contributed by atoms with van der Waals surface area (Å²) in [6.45, 7) is 1.62. The van der Waals surface area contributed by atoms with Crippen LogP contribution in [0.25, 0.3) is 0 Å². The van der Waals surface area contributed by atoms with E-state index in [0.29, 0.717) is 0 Å². The summed E-state index contributed by atoms with van der Waals surface area (Å²) in [5.74, 6) is -1.15. The second-order valence-electron chi connectivity index (χ2n) is 1.55. The summed E-state index contributed by atoms with van der Waals surface area (Å²) in [6, 6.07) is 0. The fraction of sp³-hybridized carbons (Fsp3) is 0.600. The van der Waals surface area contributed by atoms with Gasteiger partial charge in [-0.1, -0.05) is 6.92 Å². The van der Waals surface area contributed by atoms with E-state index in [-0.39, 0.29) is 11.7 Å². The standard InChI is InChI=1S/C5H9O4P/c1-3-4(5(6)7)10(8)9-2/h3H2,1-2H3,(H,6,7). The number of aliphatic carboxylic acids is 1. The van der Waals surface area contributed by atoms with Crippen LogP contribution in [0.5, 0.6) is 0 Å². The Morgan fingerprint density at radius 2 is 2.30 bits per heavy atom. The van der Waals surface area contributed by atoms with Crippen LogP contribution in [0.1, 0.15) is 13.3 Å². The van der Waals surface area contributed by atoms with Crippen LogP contribution >= 0.6 is 8.00 Å². The lowest BCUT2D eigenvalue weighted by Gasteiger charge is -1.95. The van der Waals surface area contributed by atoms with E-state index in [1.807, 2.05) is 0 Å². The molecule has 5 heteroatoms. The molecule has 0 amide bonds. The van der Waals surface area contributed by atoms with E-state index in [9.17, 15) is 9.69 Å². The number of carboxylic acid groups (broad SMARTS) is 1. The Labute approximate surface area is 60.0 Å². The summed E-state index contributed by atoms with van der Waals surface area (Å²) >= 11 is 0. The van der Waals surface area contributed by atoms with Gasteiger partial charge in [-0.25, -0.2) is 4.79 Å². The van der Waals surface area contributed by atoms with Gasteiger partial charge in [0.15, 0.2) is 0 Å². The quantitative estimate of drug-likeness (QED) is 0.594. The maximum absolute atomic E-state index is 10.7. The normalized spacial score (nSPS) is 12.7. The van der Waals surface area contributed by atoms with Crippen molar-refractivity contribution < 1.29 is 19.3 Å². The zero-order valence-electron chi connectivity index (χ0n) is 5.83. The van der Waals surface area contributed by atoms with Crippen molar-refractivity contribution in [2.45, 2.75) is 13.3 Å². The highest BCUT2D eigenvalue weighted by atomic mass is 31.1. The van der Waals surface area contributed by atoms with Crippen LogP contribution in [0, 0.1) is 0 Å². The Balaban J connectivity index is 4.45. The first-order chi connectivity index (χ1) is 4.63. The lowest BCUT2D eigenvalue weighted by atomic mass is 10.3. The first kappa shape index (κ1) is 9.56. The zero-order chi connectivity index (χ0) is 8.15. The van der Waals surface area contributed by atoms with Gasteiger partial charge in [-0.15, -0.1) is 0 Å². The Bertz CT molecular complexity index is 163. The second-order valence-corrected chi connectivity index (χ2v) is 2.96. The molecule has 0 aliphatic rings. The molecule has 0 aromatic rings. The predicted molar refractivity (Wildman–Crippen MR) is 36.9 cm³/mol. The SMILES string of the molecule is CC/C(C(=O)O)=[P+](/[O-])OC. The highest BCUT2D eigenvalue weighted by Gasteiger charge is 2.16. The van der Waals surface area contributed by atoms with E-state index >= 15 is 0 Å². The maximum Gasteiger partial charge on any atom is 0.377 e. The van der Waals surface area contributed by atoms with Gasteiger partial charge in [0.05, 0.1) is 7.11 Å². The van der Waals surface area contributed by atoms with Crippen LogP contribution < -0.4 is 4.89 Å². The molecule has 0 aliphatic carbocycles. The van der Waals surface area contributed by atoms with Crippen LogP contribution in [0.2, 0.25) is 0 Å². The molecule has 1 atom stereocenters. The van der Waals surface area contributed by atoms with Gasteiger partial charge < -0.3 is 10.00 Å². The third-order valence-electron chi connectivity index (χ3n) is 0.968. The molecule has 58 valence electrons. The van der Waals surface area contributed by atoms with Crippen molar-refractivity contribution in [3.05, 3.63) is 0 Å². The van der Waals surface area contributed by atoms with Gasteiger partial charge in [-0.05, 0) is 0 Å². The molecule has 10 heavy (non-hydrogen) atoms. The summed E-state index contributed by atoms with van der Waals surface area (Å²) in [5, 5.41) is 8.30. The Hall–Kier alpha value is -0.440. The number of carboxylic acids is 1. The van der Waals surface area contributed by atoms with Gasteiger partial charge in [-0.2, -0.15) is 4.52 Å². The fourth-order valence-corrected chi connectivity index (χ4v) is 1.10. The Kier molecular flexibility index (Phi) is 4.19. The summed E-state index contributed by atoms with van der Waals surface area (Å²) in [7, 11) is -0.895. The smallest absolute Gasteiger partial charge is 0.377 e. The molecule has 0 aromatic carbocycles. The van der Waals surface area contributed by atoms with E-state index in [0.717, 1.165) is 0 Å². The monoisotopic (exact) mass is 164 g/mol. The first-order valence-corrected chi connectivity index (χ1v) is 3.91. The zero-order valence-corrected chi connectivity index (χ0v) is 6.72. The molecule has 1 unspecified atom stereocenters. The molecule has 0 saturated carbocycles. The minimum Gasteiger partial charge on any atom is -0.603 e. The van der Waals surface area contributed by atoms with Crippen LogP contribution in [0.4, 0.5) is 0 Å². The molecule has 0 radical (unpaired) electrons. The van der Waals surface area contributed by atoms with Crippen molar-refractivity contribution in [2.75, 3.05) is 7.11 Å². The van der Waals surface area contributed by atoms with Crippen molar-refractivity contribution in [1.82, 2.24) is 0 Å². The van der Waals surface area contributed by atoms with E-state index in [1.54, 1.807) is 6.92 Å². The van der Waals surface area contributed by atoms with E-state index < -0.39 is 14.0 Å². The summed E-state index contributed by atoms with van der Waals surface area (Å²) in [4.78, 5) is 20.9. The predicted octanol–water partition coefficient (Wildman–Crippen LogP) is -0.0280. The maximum atomic E-state index is 10.7.